The molecule has 0 spiro atoms. The minimum Gasteiger partial charge on any atom is -0.384 e. The average Bonchev–Trinajstić information content (AvgIpc) is 2.59. The molecule has 1 heterocycles. The number of carbonyl (C=O) groups is 1. The van der Waals surface area contributed by atoms with Gasteiger partial charge in [-0.15, -0.1) is 12.4 Å². The van der Waals surface area contributed by atoms with Crippen molar-refractivity contribution in [1.82, 2.24) is 4.90 Å². The zero-order chi connectivity index (χ0) is 17.7. The topological polar surface area (TPSA) is 89.7 Å². The average molecular weight is 391 g/mol. The number of hydrogen-bond donors (Lipinski definition) is 1. The van der Waals surface area contributed by atoms with E-state index in [4.69, 9.17) is 10.5 Å². The molecule has 0 radical (unpaired) electrons. The van der Waals surface area contributed by atoms with Crippen LogP contribution in [0.3, 0.4) is 0 Å². The van der Waals surface area contributed by atoms with Crippen LogP contribution >= 0.6 is 12.4 Å². The Labute approximate surface area is 156 Å². The predicted molar refractivity (Wildman–Crippen MR) is 99.9 cm³/mol. The van der Waals surface area contributed by atoms with Gasteiger partial charge in [0.2, 0.25) is 0 Å². The van der Waals surface area contributed by atoms with Crippen molar-refractivity contribution >= 4 is 28.2 Å². The van der Waals surface area contributed by atoms with Gasteiger partial charge in [-0.2, -0.15) is 0 Å². The van der Waals surface area contributed by atoms with Crippen molar-refractivity contribution in [2.45, 2.75) is 30.7 Å². The molecule has 0 aliphatic carbocycles. The van der Waals surface area contributed by atoms with E-state index in [1.807, 2.05) is 4.90 Å². The van der Waals surface area contributed by atoms with E-state index in [1.165, 1.54) is 19.2 Å². The van der Waals surface area contributed by atoms with E-state index in [9.17, 15) is 13.2 Å². The van der Waals surface area contributed by atoms with Gasteiger partial charge in [-0.3, -0.25) is 4.79 Å². The number of rotatable bonds is 6. The summed E-state index contributed by atoms with van der Waals surface area (Å²) < 4.78 is 29.1. The maximum Gasteiger partial charge on any atom is 0.254 e. The van der Waals surface area contributed by atoms with Crippen LogP contribution in [0.25, 0.3) is 0 Å². The highest BCUT2D eigenvalue weighted by Gasteiger charge is 2.29. The predicted octanol–water partition coefficient (Wildman–Crippen LogP) is 1.73. The summed E-state index contributed by atoms with van der Waals surface area (Å²) in [5.41, 5.74) is 6.31. The van der Waals surface area contributed by atoms with Crippen LogP contribution in [-0.2, 0) is 14.6 Å². The molecule has 1 aromatic carbocycles. The number of halogens is 1. The maximum atomic E-state index is 12.7. The Hall–Kier alpha value is -1.15. The van der Waals surface area contributed by atoms with Crippen molar-refractivity contribution in [1.29, 1.82) is 0 Å². The second-order valence-electron chi connectivity index (χ2n) is 6.35. The Balaban J connectivity index is 0.00000312. The summed E-state index contributed by atoms with van der Waals surface area (Å²) in [7, 11) is -1.92. The van der Waals surface area contributed by atoms with Crippen LogP contribution in [-0.4, -0.2) is 57.8 Å². The van der Waals surface area contributed by atoms with Crippen LogP contribution in [0.5, 0.6) is 0 Å². The van der Waals surface area contributed by atoms with Gasteiger partial charge < -0.3 is 15.4 Å². The van der Waals surface area contributed by atoms with Crippen LogP contribution in [0.2, 0.25) is 0 Å². The van der Waals surface area contributed by atoms with Gasteiger partial charge in [-0.1, -0.05) is 6.92 Å². The molecule has 6 nitrogen and oxygen atoms in total. The Morgan fingerprint density at radius 1 is 1.32 bits per heavy atom. The first-order valence-corrected chi connectivity index (χ1v) is 9.87. The third-order valence-corrected chi connectivity index (χ3v) is 6.22. The minimum atomic E-state index is -3.38. The zero-order valence-electron chi connectivity index (χ0n) is 14.7. The van der Waals surface area contributed by atoms with Crippen LogP contribution < -0.4 is 5.73 Å². The van der Waals surface area contributed by atoms with Gasteiger partial charge in [-0.25, -0.2) is 8.42 Å². The smallest absolute Gasteiger partial charge is 0.254 e. The summed E-state index contributed by atoms with van der Waals surface area (Å²) in [6.45, 7) is 3.45. The molecular weight excluding hydrogens is 364 g/mol. The van der Waals surface area contributed by atoms with E-state index in [2.05, 4.69) is 6.92 Å². The molecule has 8 heteroatoms. The van der Waals surface area contributed by atoms with Crippen LogP contribution in [0.4, 0.5) is 0 Å². The fourth-order valence-corrected chi connectivity index (χ4v) is 4.20. The number of ether oxygens (including phenoxy) is 1. The molecule has 2 unspecified atom stereocenters. The second kappa shape index (κ2) is 9.52. The first kappa shape index (κ1) is 21.9. The quantitative estimate of drug-likeness (QED) is 0.798. The third-order valence-electron chi connectivity index (χ3n) is 4.53. The summed E-state index contributed by atoms with van der Waals surface area (Å²) in [6, 6.07) is 6.18. The molecule has 2 N–H and O–H groups in total. The van der Waals surface area contributed by atoms with Crippen molar-refractivity contribution in [3.8, 4) is 0 Å². The number of piperidine rings is 1. The number of nitrogens with two attached hydrogens (primary N) is 1. The molecular formula is C17H27ClN2O4S. The van der Waals surface area contributed by atoms with Crippen molar-refractivity contribution in [3.63, 3.8) is 0 Å². The number of sulfone groups is 1. The largest absolute Gasteiger partial charge is 0.384 e. The lowest BCUT2D eigenvalue weighted by atomic mass is 9.92. The zero-order valence-corrected chi connectivity index (χ0v) is 16.3. The lowest BCUT2D eigenvalue weighted by Crippen LogP contribution is -2.49. The van der Waals surface area contributed by atoms with Gasteiger partial charge in [0.25, 0.3) is 5.91 Å². The maximum absolute atomic E-state index is 12.7. The van der Waals surface area contributed by atoms with Crippen LogP contribution in [0, 0.1) is 5.92 Å². The first-order valence-electron chi connectivity index (χ1n) is 8.22. The summed E-state index contributed by atoms with van der Waals surface area (Å²) in [5, 5.41) is 0. The molecule has 0 aromatic heterocycles. The highest BCUT2D eigenvalue weighted by Crippen LogP contribution is 2.24. The highest BCUT2D eigenvalue weighted by molar-refractivity contribution is 7.91. The van der Waals surface area contributed by atoms with Gasteiger partial charge >= 0.3 is 0 Å². The molecule has 1 aromatic rings. The van der Waals surface area contributed by atoms with E-state index < -0.39 is 9.84 Å². The molecule has 1 amide bonds. The monoisotopic (exact) mass is 390 g/mol. The lowest BCUT2D eigenvalue weighted by molar-refractivity contribution is 0.0573. The molecule has 25 heavy (non-hydrogen) atoms. The number of likely N-dealkylation sites (tertiary alicyclic amines) is 1. The number of methoxy groups -OCH3 is 1. The van der Waals surface area contributed by atoms with Gasteiger partial charge in [0.05, 0.1) is 17.3 Å². The summed E-state index contributed by atoms with van der Waals surface area (Å²) >= 11 is 0. The van der Waals surface area contributed by atoms with E-state index in [-0.39, 0.29) is 41.6 Å². The molecule has 1 aliphatic heterocycles. The highest BCUT2D eigenvalue weighted by atomic mass is 35.5. The molecule has 0 bridgehead atoms. The molecule has 1 saturated heterocycles. The minimum absolute atomic E-state index is 0. The van der Waals surface area contributed by atoms with Gasteiger partial charge in [0, 0.05) is 31.8 Å². The van der Waals surface area contributed by atoms with Gasteiger partial charge in [0.1, 0.15) is 0 Å². The summed E-state index contributed by atoms with van der Waals surface area (Å²) in [5.74, 6) is 0.407. The SMILES string of the molecule is COCCS(=O)(=O)c1ccc(C(=O)N2CCC(C)CC2CN)cc1.Cl. The third kappa shape index (κ3) is 5.41. The Morgan fingerprint density at radius 2 is 1.96 bits per heavy atom. The van der Waals surface area contributed by atoms with Crippen LogP contribution in [0.1, 0.15) is 30.1 Å². The number of amides is 1. The van der Waals surface area contributed by atoms with E-state index >= 15 is 0 Å². The molecule has 1 fully saturated rings. The first-order chi connectivity index (χ1) is 11.4. The molecule has 2 atom stereocenters. The molecule has 0 saturated carbocycles. The lowest BCUT2D eigenvalue weighted by Gasteiger charge is -2.38. The normalized spacial score (nSPS) is 20.8. The standard InChI is InChI=1S/C17H26N2O4S.ClH/c1-13-7-8-19(15(11-13)12-18)17(20)14-3-5-16(6-4-14)24(21,22)10-9-23-2;/h3-6,13,15H,7-12,18H2,1-2H3;1H. The van der Waals surface area contributed by atoms with Crippen molar-refractivity contribution in [2.75, 3.05) is 32.6 Å². The summed E-state index contributed by atoms with van der Waals surface area (Å²) in [6.07, 6.45) is 1.87. The number of nitrogens with zero attached hydrogens (tertiary/aromatic N) is 1. The molecule has 142 valence electrons. The van der Waals surface area contributed by atoms with Crippen LogP contribution in [0.15, 0.2) is 29.2 Å². The number of benzene rings is 1. The van der Waals surface area contributed by atoms with E-state index in [1.54, 1.807) is 12.1 Å². The fourth-order valence-electron chi connectivity index (χ4n) is 3.02. The molecule has 1 aliphatic rings. The Morgan fingerprint density at radius 3 is 2.52 bits per heavy atom. The number of carbonyl (C=O) groups excluding carboxylic acids is 1. The van der Waals surface area contributed by atoms with Gasteiger partial charge in [0.15, 0.2) is 9.84 Å². The Kier molecular flexibility index (Phi) is 8.34. The van der Waals surface area contributed by atoms with E-state index in [0.717, 1.165) is 12.8 Å². The number of hydrogen-bond acceptors (Lipinski definition) is 5. The molecule has 2 rings (SSSR count). The van der Waals surface area contributed by atoms with Crippen molar-refractivity contribution in [2.24, 2.45) is 11.7 Å². The van der Waals surface area contributed by atoms with Crippen molar-refractivity contribution in [3.05, 3.63) is 29.8 Å². The summed E-state index contributed by atoms with van der Waals surface area (Å²) in [4.78, 5) is 14.7. The fraction of sp³-hybridized carbons (Fsp3) is 0.588. The van der Waals surface area contributed by atoms with E-state index in [0.29, 0.717) is 24.6 Å². The van der Waals surface area contributed by atoms with Crippen molar-refractivity contribution < 1.29 is 17.9 Å². The van der Waals surface area contributed by atoms with Gasteiger partial charge in [-0.05, 0) is 43.0 Å². The Bertz CT molecular complexity index is 664. The second-order valence-corrected chi connectivity index (χ2v) is 8.46.